The highest BCUT2D eigenvalue weighted by molar-refractivity contribution is 7.91. The Hall–Kier alpha value is -2.60. The maximum atomic E-state index is 12.0. The highest BCUT2D eigenvalue weighted by Crippen LogP contribution is 2.32. The van der Waals surface area contributed by atoms with Crippen LogP contribution in [0.25, 0.3) is 22.0 Å². The van der Waals surface area contributed by atoms with Gasteiger partial charge in [-0.2, -0.15) is 0 Å². The Bertz CT molecular complexity index is 1080. The maximum Gasteiger partial charge on any atom is 0.250 e. The van der Waals surface area contributed by atoms with Crippen molar-refractivity contribution in [3.8, 4) is 11.1 Å². The van der Waals surface area contributed by atoms with Crippen molar-refractivity contribution in [1.82, 2.24) is 4.98 Å². The van der Waals surface area contributed by atoms with E-state index in [0.29, 0.717) is 23.9 Å². The molecule has 1 saturated heterocycles. The second kappa shape index (κ2) is 6.29. The minimum atomic E-state index is -2.91. The zero-order valence-electron chi connectivity index (χ0n) is 14.2. The number of aromatic amines is 1. The molecule has 1 unspecified atom stereocenters. The first-order valence-corrected chi connectivity index (χ1v) is 10.4. The van der Waals surface area contributed by atoms with Crippen LogP contribution in [0.5, 0.6) is 0 Å². The first-order valence-electron chi connectivity index (χ1n) is 8.62. The normalized spacial score (nSPS) is 19.0. The molecule has 1 fully saturated rings. The summed E-state index contributed by atoms with van der Waals surface area (Å²) >= 11 is 0. The average Bonchev–Trinajstić information content (AvgIpc) is 3.18. The van der Waals surface area contributed by atoms with Gasteiger partial charge >= 0.3 is 0 Å². The van der Waals surface area contributed by atoms with Crippen LogP contribution in [0.2, 0.25) is 0 Å². The predicted molar refractivity (Wildman–Crippen MR) is 103 cm³/mol. The van der Waals surface area contributed by atoms with Crippen molar-refractivity contribution in [2.45, 2.75) is 12.8 Å². The number of sulfone groups is 1. The summed E-state index contributed by atoms with van der Waals surface area (Å²) in [5, 5.41) is 0.935. The molecule has 0 radical (unpaired) electrons. The minimum absolute atomic E-state index is 0.122. The third-order valence-electron chi connectivity index (χ3n) is 5.08. The Balaban J connectivity index is 1.80. The van der Waals surface area contributed by atoms with E-state index in [4.69, 9.17) is 5.73 Å². The summed E-state index contributed by atoms with van der Waals surface area (Å²) in [5.41, 5.74) is 9.72. The van der Waals surface area contributed by atoms with E-state index in [1.807, 2.05) is 42.6 Å². The fourth-order valence-corrected chi connectivity index (χ4v) is 5.65. The molecule has 1 aromatic heterocycles. The number of primary amides is 1. The smallest absolute Gasteiger partial charge is 0.250 e. The zero-order valence-corrected chi connectivity index (χ0v) is 15.1. The Morgan fingerprint density at radius 3 is 2.58 bits per heavy atom. The number of fused-ring (bicyclic) bond motifs is 1. The van der Waals surface area contributed by atoms with E-state index in [1.165, 1.54) is 0 Å². The molecular weight excluding hydrogens is 348 g/mol. The van der Waals surface area contributed by atoms with E-state index in [1.54, 1.807) is 6.07 Å². The summed E-state index contributed by atoms with van der Waals surface area (Å²) < 4.78 is 23.5. The summed E-state index contributed by atoms with van der Waals surface area (Å²) in [4.78, 5) is 15.1. The lowest BCUT2D eigenvalue weighted by molar-refractivity contribution is 0.100. The monoisotopic (exact) mass is 368 g/mol. The number of nitrogens with one attached hydrogen (secondary N) is 1. The Labute approximate surface area is 152 Å². The van der Waals surface area contributed by atoms with Crippen LogP contribution < -0.4 is 5.73 Å². The number of carbonyl (C=O) groups excluding carboxylic acids is 1. The average molecular weight is 368 g/mol. The number of carbonyl (C=O) groups is 1. The van der Waals surface area contributed by atoms with Crippen molar-refractivity contribution in [2.75, 3.05) is 11.5 Å². The lowest BCUT2D eigenvalue weighted by Crippen LogP contribution is -2.12. The quantitative estimate of drug-likeness (QED) is 0.741. The molecule has 6 heteroatoms. The fourth-order valence-electron chi connectivity index (χ4n) is 3.79. The van der Waals surface area contributed by atoms with Crippen LogP contribution in [-0.2, 0) is 16.3 Å². The van der Waals surface area contributed by atoms with Crippen LogP contribution in [0.1, 0.15) is 22.3 Å². The van der Waals surface area contributed by atoms with Crippen molar-refractivity contribution in [1.29, 1.82) is 0 Å². The van der Waals surface area contributed by atoms with Gasteiger partial charge in [-0.3, -0.25) is 4.79 Å². The molecule has 26 heavy (non-hydrogen) atoms. The molecule has 134 valence electrons. The van der Waals surface area contributed by atoms with E-state index in [-0.39, 0.29) is 17.4 Å². The van der Waals surface area contributed by atoms with Gasteiger partial charge in [0.15, 0.2) is 9.84 Å². The number of benzene rings is 2. The second-order valence-electron chi connectivity index (χ2n) is 6.96. The molecule has 2 aromatic carbocycles. The molecule has 1 aliphatic heterocycles. The van der Waals surface area contributed by atoms with Crippen LogP contribution in [0.3, 0.4) is 0 Å². The molecule has 2 heterocycles. The third-order valence-corrected chi connectivity index (χ3v) is 6.92. The van der Waals surface area contributed by atoms with Crippen LogP contribution in [0, 0.1) is 5.92 Å². The molecule has 3 aromatic rings. The Morgan fingerprint density at radius 1 is 1.15 bits per heavy atom. The van der Waals surface area contributed by atoms with E-state index in [0.717, 1.165) is 22.1 Å². The highest BCUT2D eigenvalue weighted by atomic mass is 32.2. The molecule has 4 rings (SSSR count). The van der Waals surface area contributed by atoms with E-state index >= 15 is 0 Å². The first kappa shape index (κ1) is 16.8. The molecule has 0 saturated carbocycles. The van der Waals surface area contributed by atoms with Gasteiger partial charge in [0.05, 0.1) is 22.6 Å². The van der Waals surface area contributed by atoms with Crippen molar-refractivity contribution in [3.05, 3.63) is 59.8 Å². The number of aromatic nitrogens is 1. The van der Waals surface area contributed by atoms with Gasteiger partial charge in [0, 0.05) is 11.6 Å². The molecule has 0 aliphatic carbocycles. The SMILES string of the molecule is NC(=O)c1cc(-c2ccccc2)cc2c(CC3CCS(=O)(=O)C3)c[nH]c12. The van der Waals surface area contributed by atoms with Crippen molar-refractivity contribution < 1.29 is 13.2 Å². The predicted octanol–water partition coefficient (Wildman–Crippen LogP) is 2.91. The van der Waals surface area contributed by atoms with Crippen molar-refractivity contribution in [2.24, 2.45) is 11.7 Å². The van der Waals surface area contributed by atoms with Gasteiger partial charge in [0.2, 0.25) is 0 Å². The maximum absolute atomic E-state index is 12.0. The largest absolute Gasteiger partial charge is 0.366 e. The van der Waals surface area contributed by atoms with E-state index < -0.39 is 15.7 Å². The number of H-pyrrole nitrogens is 1. The molecule has 1 atom stereocenters. The molecule has 0 spiro atoms. The van der Waals surface area contributed by atoms with Crippen LogP contribution in [0.4, 0.5) is 0 Å². The molecule has 5 nitrogen and oxygen atoms in total. The molecule has 0 bridgehead atoms. The molecule has 3 N–H and O–H groups in total. The fraction of sp³-hybridized carbons (Fsp3) is 0.250. The number of hydrogen-bond donors (Lipinski definition) is 2. The standard InChI is InChI=1S/C20H20N2O3S/c21-20(23)18-10-15(14-4-2-1-3-5-14)9-17-16(11-22-19(17)18)8-13-6-7-26(24,25)12-13/h1-5,9-11,13,22H,6-8,12H2,(H2,21,23). The summed E-state index contributed by atoms with van der Waals surface area (Å²) in [5.74, 6) is 0.142. The van der Waals surface area contributed by atoms with Gasteiger partial charge in [0.1, 0.15) is 0 Å². The van der Waals surface area contributed by atoms with E-state index in [9.17, 15) is 13.2 Å². The summed E-state index contributed by atoms with van der Waals surface area (Å²) in [6, 6.07) is 13.7. The lowest BCUT2D eigenvalue weighted by atomic mass is 9.95. The van der Waals surface area contributed by atoms with Gasteiger partial charge < -0.3 is 10.7 Å². The topological polar surface area (TPSA) is 93.0 Å². The number of rotatable bonds is 4. The lowest BCUT2D eigenvalue weighted by Gasteiger charge is -2.09. The minimum Gasteiger partial charge on any atom is -0.366 e. The molecular formula is C20H20N2O3S. The molecule has 1 aliphatic rings. The highest BCUT2D eigenvalue weighted by Gasteiger charge is 2.28. The summed E-state index contributed by atoms with van der Waals surface area (Å²) in [6.07, 6.45) is 3.24. The van der Waals surface area contributed by atoms with Crippen molar-refractivity contribution in [3.63, 3.8) is 0 Å². The van der Waals surface area contributed by atoms with Gasteiger partial charge in [-0.1, -0.05) is 30.3 Å². The number of nitrogens with two attached hydrogens (primary N) is 1. The summed E-state index contributed by atoms with van der Waals surface area (Å²) in [6.45, 7) is 0. The van der Waals surface area contributed by atoms with Crippen LogP contribution in [-0.4, -0.2) is 30.8 Å². The Morgan fingerprint density at radius 2 is 1.92 bits per heavy atom. The van der Waals surface area contributed by atoms with Crippen LogP contribution in [0.15, 0.2) is 48.7 Å². The Kier molecular flexibility index (Phi) is 4.07. The zero-order chi connectivity index (χ0) is 18.3. The summed E-state index contributed by atoms with van der Waals surface area (Å²) in [7, 11) is -2.91. The van der Waals surface area contributed by atoms with Gasteiger partial charge in [-0.15, -0.1) is 0 Å². The number of hydrogen-bond acceptors (Lipinski definition) is 3. The van der Waals surface area contributed by atoms with Gasteiger partial charge in [0.25, 0.3) is 5.91 Å². The second-order valence-corrected chi connectivity index (χ2v) is 9.19. The number of amides is 1. The van der Waals surface area contributed by atoms with Gasteiger partial charge in [-0.25, -0.2) is 8.42 Å². The van der Waals surface area contributed by atoms with E-state index in [2.05, 4.69) is 4.98 Å². The van der Waals surface area contributed by atoms with Gasteiger partial charge in [-0.05, 0) is 47.6 Å². The van der Waals surface area contributed by atoms with Crippen LogP contribution >= 0.6 is 0 Å². The third kappa shape index (κ3) is 3.12. The first-order chi connectivity index (χ1) is 12.4. The molecule has 1 amide bonds. The van der Waals surface area contributed by atoms with Crippen molar-refractivity contribution >= 4 is 26.6 Å².